The van der Waals surface area contributed by atoms with Crippen LogP contribution in [0, 0.1) is 11.3 Å². The molecular formula is C16H17F3N4O2. The number of alkyl halides is 3. The van der Waals surface area contributed by atoms with Gasteiger partial charge in [0.05, 0.1) is 0 Å². The fourth-order valence-corrected chi connectivity index (χ4v) is 2.36. The smallest absolute Gasteiger partial charge is 0.383 e. The van der Waals surface area contributed by atoms with Crippen LogP contribution in [0.5, 0.6) is 0 Å². The third-order valence-corrected chi connectivity index (χ3v) is 3.78. The Hall–Kier alpha value is -2.57. The molecule has 0 radical (unpaired) electrons. The summed E-state index contributed by atoms with van der Waals surface area (Å²) >= 11 is 0. The maximum atomic E-state index is 13.0. The van der Waals surface area contributed by atoms with Gasteiger partial charge in [-0.1, -0.05) is 24.3 Å². The fraction of sp³-hybridized carbons (Fsp3) is 0.375. The number of hydrogen-bond acceptors (Lipinski definition) is 5. The van der Waals surface area contributed by atoms with Crippen LogP contribution in [0.25, 0.3) is 11.3 Å². The summed E-state index contributed by atoms with van der Waals surface area (Å²) in [5, 5.41) is 13.2. The molecule has 25 heavy (non-hydrogen) atoms. The summed E-state index contributed by atoms with van der Waals surface area (Å²) in [5.41, 5.74) is 6.88. The number of nitriles is 1. The van der Waals surface area contributed by atoms with Gasteiger partial charge in [0, 0.05) is 25.3 Å². The topological polar surface area (TPSA) is 86.1 Å². The lowest BCUT2D eigenvalue weighted by Gasteiger charge is -2.17. The van der Waals surface area contributed by atoms with Crippen LogP contribution in [-0.2, 0) is 9.47 Å². The summed E-state index contributed by atoms with van der Waals surface area (Å²) in [4.78, 5) is 0. The summed E-state index contributed by atoms with van der Waals surface area (Å²) in [6.45, 7) is 0.930. The molecule has 6 nitrogen and oxygen atoms in total. The molecule has 0 aliphatic rings. The van der Waals surface area contributed by atoms with Gasteiger partial charge in [-0.15, -0.1) is 0 Å². The number of rotatable bonds is 5. The predicted molar refractivity (Wildman–Crippen MR) is 84.3 cm³/mol. The molecule has 1 aromatic heterocycles. The van der Waals surface area contributed by atoms with Gasteiger partial charge in [-0.25, -0.2) is 4.68 Å². The quantitative estimate of drug-likeness (QED) is 0.832. The van der Waals surface area contributed by atoms with Gasteiger partial charge in [-0.2, -0.15) is 23.5 Å². The Morgan fingerprint density at radius 2 is 1.76 bits per heavy atom. The molecule has 0 saturated carbocycles. The lowest BCUT2D eigenvalue weighted by molar-refractivity contribution is -0.164. The van der Waals surface area contributed by atoms with E-state index in [1.165, 1.54) is 14.2 Å². The molecule has 2 N–H and O–H groups in total. The van der Waals surface area contributed by atoms with Gasteiger partial charge in [-0.3, -0.25) is 0 Å². The Labute approximate surface area is 142 Å². The van der Waals surface area contributed by atoms with Crippen LogP contribution >= 0.6 is 0 Å². The summed E-state index contributed by atoms with van der Waals surface area (Å²) in [6, 6.07) is 6.47. The monoisotopic (exact) mass is 354 g/mol. The number of nitrogens with two attached hydrogens (primary N) is 1. The zero-order valence-corrected chi connectivity index (χ0v) is 13.8. The summed E-state index contributed by atoms with van der Waals surface area (Å²) in [5.74, 6) is -0.321. The van der Waals surface area contributed by atoms with E-state index in [1.54, 1.807) is 24.3 Å². The first-order valence-corrected chi connectivity index (χ1v) is 7.25. The Morgan fingerprint density at radius 3 is 2.20 bits per heavy atom. The molecule has 9 heteroatoms. The van der Waals surface area contributed by atoms with E-state index in [2.05, 4.69) is 5.10 Å². The molecule has 1 atom stereocenters. The van der Waals surface area contributed by atoms with Gasteiger partial charge in [0.25, 0.3) is 0 Å². The van der Waals surface area contributed by atoms with Crippen LogP contribution in [0.15, 0.2) is 24.3 Å². The average Bonchev–Trinajstić information content (AvgIpc) is 2.91. The number of anilines is 1. The molecule has 0 amide bonds. The zero-order valence-electron chi connectivity index (χ0n) is 13.8. The van der Waals surface area contributed by atoms with E-state index in [-0.39, 0.29) is 17.1 Å². The lowest BCUT2D eigenvalue weighted by atomic mass is 10.1. The molecule has 0 spiro atoms. The van der Waals surface area contributed by atoms with Gasteiger partial charge in [0.2, 0.25) is 0 Å². The molecule has 0 unspecified atom stereocenters. The lowest BCUT2D eigenvalue weighted by Crippen LogP contribution is -2.25. The highest BCUT2D eigenvalue weighted by Gasteiger charge is 2.40. The minimum atomic E-state index is -4.53. The van der Waals surface area contributed by atoms with E-state index in [9.17, 15) is 18.4 Å². The highest BCUT2D eigenvalue weighted by molar-refractivity contribution is 5.72. The zero-order chi connectivity index (χ0) is 18.8. The van der Waals surface area contributed by atoms with Crippen molar-refractivity contribution in [3.05, 3.63) is 35.4 Å². The Morgan fingerprint density at radius 1 is 1.20 bits per heavy atom. The van der Waals surface area contributed by atoms with E-state index in [4.69, 9.17) is 15.2 Å². The van der Waals surface area contributed by atoms with E-state index in [1.807, 2.05) is 6.07 Å². The third-order valence-electron chi connectivity index (χ3n) is 3.78. The largest absolute Gasteiger partial charge is 0.410 e. The van der Waals surface area contributed by atoms with Crippen LogP contribution in [-0.4, -0.2) is 30.2 Å². The number of benzene rings is 1. The molecule has 1 heterocycles. The molecule has 134 valence electrons. The van der Waals surface area contributed by atoms with Crippen molar-refractivity contribution in [2.75, 3.05) is 20.0 Å². The normalized spacial score (nSPS) is 13.0. The second-order valence-electron chi connectivity index (χ2n) is 5.31. The van der Waals surface area contributed by atoms with E-state index in [0.717, 1.165) is 6.92 Å². The van der Waals surface area contributed by atoms with Crippen molar-refractivity contribution in [1.29, 1.82) is 5.26 Å². The molecule has 0 bridgehead atoms. The summed E-state index contributed by atoms with van der Waals surface area (Å²) < 4.78 is 49.7. The Balaban J connectivity index is 2.48. The van der Waals surface area contributed by atoms with Crippen molar-refractivity contribution in [1.82, 2.24) is 9.78 Å². The second kappa shape index (κ2) is 7.13. The number of hydrogen-bond donors (Lipinski definition) is 1. The molecule has 1 aromatic carbocycles. The van der Waals surface area contributed by atoms with Gasteiger partial charge < -0.3 is 15.2 Å². The number of ether oxygens (including phenoxy) is 2. The van der Waals surface area contributed by atoms with Crippen molar-refractivity contribution in [2.24, 2.45) is 0 Å². The van der Waals surface area contributed by atoms with Crippen molar-refractivity contribution < 1.29 is 22.6 Å². The number of halogens is 3. The molecular weight excluding hydrogens is 337 g/mol. The standard InChI is InChI=1S/C16H17F3N4O2/c1-9(16(17,18)19)23-14(21)12(8-20)13(22-23)10-4-6-11(7-5-10)15(24-2)25-3/h4-7,9,15H,21H2,1-3H3/t9-/m0/s1. The highest BCUT2D eigenvalue weighted by Crippen LogP contribution is 2.35. The molecule has 0 saturated heterocycles. The van der Waals surface area contributed by atoms with Gasteiger partial charge in [0.1, 0.15) is 29.2 Å². The minimum Gasteiger partial charge on any atom is -0.383 e. The Kier molecular flexibility index (Phi) is 5.35. The molecule has 0 fully saturated rings. The van der Waals surface area contributed by atoms with Crippen LogP contribution in [0.3, 0.4) is 0 Å². The maximum absolute atomic E-state index is 13.0. The predicted octanol–water partition coefficient (Wildman–Crippen LogP) is 3.42. The number of nitrogens with zero attached hydrogens (tertiary/aromatic N) is 3. The molecule has 0 aliphatic heterocycles. The number of aromatic nitrogens is 2. The maximum Gasteiger partial charge on any atom is 0.410 e. The fourth-order valence-electron chi connectivity index (χ4n) is 2.36. The molecule has 2 rings (SSSR count). The van der Waals surface area contributed by atoms with E-state index in [0.29, 0.717) is 15.8 Å². The van der Waals surface area contributed by atoms with Crippen LogP contribution in [0.1, 0.15) is 30.4 Å². The Bertz CT molecular complexity index is 774. The van der Waals surface area contributed by atoms with Gasteiger partial charge >= 0.3 is 6.18 Å². The molecule has 0 aliphatic carbocycles. The second-order valence-corrected chi connectivity index (χ2v) is 5.31. The first-order valence-electron chi connectivity index (χ1n) is 7.25. The van der Waals surface area contributed by atoms with Gasteiger partial charge in [-0.05, 0) is 6.92 Å². The summed E-state index contributed by atoms with van der Waals surface area (Å²) in [7, 11) is 2.97. The van der Waals surface area contributed by atoms with Crippen molar-refractivity contribution >= 4 is 5.82 Å². The summed E-state index contributed by atoms with van der Waals surface area (Å²) in [6.07, 6.45) is -5.10. The first kappa shape index (κ1) is 18.8. The van der Waals surface area contributed by atoms with Crippen molar-refractivity contribution in [3.8, 4) is 17.3 Å². The van der Waals surface area contributed by atoms with E-state index < -0.39 is 18.5 Å². The van der Waals surface area contributed by atoms with E-state index >= 15 is 0 Å². The number of methoxy groups -OCH3 is 2. The minimum absolute atomic E-state index is 0.0917. The van der Waals surface area contributed by atoms with Gasteiger partial charge in [0.15, 0.2) is 6.29 Å². The third kappa shape index (κ3) is 3.60. The number of nitrogen functional groups attached to an aromatic ring is 1. The molecule has 2 aromatic rings. The highest BCUT2D eigenvalue weighted by atomic mass is 19.4. The van der Waals surface area contributed by atoms with Crippen molar-refractivity contribution in [2.45, 2.75) is 25.4 Å². The van der Waals surface area contributed by atoms with Crippen LogP contribution in [0.4, 0.5) is 19.0 Å². The first-order chi connectivity index (χ1) is 11.7. The van der Waals surface area contributed by atoms with Crippen LogP contribution < -0.4 is 5.73 Å². The SMILES string of the molecule is COC(OC)c1ccc(-c2nn([C@@H](C)C(F)(F)F)c(N)c2C#N)cc1. The van der Waals surface area contributed by atoms with Crippen LogP contribution in [0.2, 0.25) is 0 Å². The van der Waals surface area contributed by atoms with Crippen molar-refractivity contribution in [3.63, 3.8) is 0 Å². The average molecular weight is 354 g/mol.